The lowest BCUT2D eigenvalue weighted by atomic mass is 10.2. The minimum absolute atomic E-state index is 0.121. The number of amides is 1. The Morgan fingerprint density at radius 1 is 1.09 bits per heavy atom. The number of ether oxygens (including phenoxy) is 1. The number of anilines is 1. The summed E-state index contributed by atoms with van der Waals surface area (Å²) in [5.74, 6) is -0.843. The van der Waals surface area contributed by atoms with Crippen LogP contribution in [0.2, 0.25) is 0 Å². The van der Waals surface area contributed by atoms with Crippen molar-refractivity contribution in [1.82, 2.24) is 9.55 Å². The number of rotatable bonds is 6. The van der Waals surface area contributed by atoms with Gasteiger partial charge in [0.2, 0.25) is 0 Å². The highest BCUT2D eigenvalue weighted by Gasteiger charge is 2.23. The third-order valence-corrected chi connectivity index (χ3v) is 6.29. The summed E-state index contributed by atoms with van der Waals surface area (Å²) in [5.41, 5.74) is 1.67. The van der Waals surface area contributed by atoms with Gasteiger partial charge in [-0.1, -0.05) is 48.5 Å². The molecular formula is C24H21N3O4S. The molecule has 0 bridgehead atoms. The number of aryl methyl sites for hydroxylation is 1. The highest BCUT2D eigenvalue weighted by molar-refractivity contribution is 7.20. The Labute approximate surface area is 188 Å². The maximum absolute atomic E-state index is 13.2. The van der Waals surface area contributed by atoms with Crippen molar-refractivity contribution in [2.24, 2.45) is 0 Å². The van der Waals surface area contributed by atoms with Gasteiger partial charge in [0.1, 0.15) is 17.5 Å². The van der Waals surface area contributed by atoms with Gasteiger partial charge in [-0.25, -0.2) is 9.78 Å². The van der Waals surface area contributed by atoms with Crippen molar-refractivity contribution in [3.8, 4) is 0 Å². The first kappa shape index (κ1) is 21.5. The van der Waals surface area contributed by atoms with Gasteiger partial charge in [0.15, 0.2) is 0 Å². The Hall–Kier alpha value is -3.78. The first-order chi connectivity index (χ1) is 15.5. The number of carbonyl (C=O) groups excluding carboxylic acids is 2. The Bertz CT molecular complexity index is 1330. The van der Waals surface area contributed by atoms with Crippen LogP contribution in [0.3, 0.4) is 0 Å². The van der Waals surface area contributed by atoms with Gasteiger partial charge < -0.3 is 10.1 Å². The number of esters is 1. The molecule has 32 heavy (non-hydrogen) atoms. The van der Waals surface area contributed by atoms with Crippen molar-refractivity contribution in [1.29, 1.82) is 0 Å². The standard InChI is InChI=1S/C24H21N3O4S/c1-15-19-22(32-20(15)21(28)26-18-11-7-4-8-12-18)25-14-27(23(19)29)16(2)24(30)31-13-17-9-5-3-6-10-17/h3-12,14,16H,13H2,1-2H3,(H,26,28)/t16-/m0/s1. The fraction of sp³-hybridized carbons (Fsp3) is 0.167. The molecule has 7 nitrogen and oxygen atoms in total. The summed E-state index contributed by atoms with van der Waals surface area (Å²) in [6.45, 7) is 3.42. The van der Waals surface area contributed by atoms with Gasteiger partial charge in [-0.05, 0) is 37.1 Å². The van der Waals surface area contributed by atoms with Gasteiger partial charge in [0.05, 0.1) is 16.6 Å². The van der Waals surface area contributed by atoms with Crippen LogP contribution in [0.1, 0.15) is 33.8 Å². The molecule has 4 rings (SSSR count). The van der Waals surface area contributed by atoms with Crippen molar-refractivity contribution in [3.63, 3.8) is 0 Å². The van der Waals surface area contributed by atoms with E-state index < -0.39 is 12.0 Å². The Morgan fingerprint density at radius 2 is 1.75 bits per heavy atom. The van der Waals surface area contributed by atoms with Gasteiger partial charge in [0.25, 0.3) is 11.5 Å². The summed E-state index contributed by atoms with van der Waals surface area (Å²) >= 11 is 1.15. The summed E-state index contributed by atoms with van der Waals surface area (Å²) < 4.78 is 6.61. The van der Waals surface area contributed by atoms with Crippen LogP contribution in [-0.2, 0) is 16.1 Å². The van der Waals surface area contributed by atoms with E-state index in [4.69, 9.17) is 4.74 Å². The zero-order valence-electron chi connectivity index (χ0n) is 17.6. The van der Waals surface area contributed by atoms with Gasteiger partial charge >= 0.3 is 5.97 Å². The summed E-state index contributed by atoms with van der Waals surface area (Å²) in [6.07, 6.45) is 1.33. The molecule has 0 aliphatic heterocycles. The average Bonchev–Trinajstić information content (AvgIpc) is 3.16. The predicted octanol–water partition coefficient (Wildman–Crippen LogP) is 4.32. The summed E-state index contributed by atoms with van der Waals surface area (Å²) in [7, 11) is 0. The van der Waals surface area contributed by atoms with E-state index >= 15 is 0 Å². The Morgan fingerprint density at radius 3 is 2.44 bits per heavy atom. The zero-order chi connectivity index (χ0) is 22.7. The minimum atomic E-state index is -0.857. The molecule has 2 aromatic carbocycles. The summed E-state index contributed by atoms with van der Waals surface area (Å²) in [6, 6.07) is 17.5. The molecule has 0 saturated carbocycles. The van der Waals surface area contributed by atoms with E-state index in [-0.39, 0.29) is 18.1 Å². The van der Waals surface area contributed by atoms with Crippen LogP contribution in [-0.4, -0.2) is 21.4 Å². The topological polar surface area (TPSA) is 90.3 Å². The second kappa shape index (κ2) is 9.15. The second-order valence-electron chi connectivity index (χ2n) is 7.28. The maximum atomic E-state index is 13.2. The quantitative estimate of drug-likeness (QED) is 0.445. The van der Waals surface area contributed by atoms with E-state index in [9.17, 15) is 14.4 Å². The van der Waals surface area contributed by atoms with Crippen molar-refractivity contribution >= 4 is 39.1 Å². The molecule has 0 radical (unpaired) electrons. The number of carbonyl (C=O) groups is 2. The summed E-state index contributed by atoms with van der Waals surface area (Å²) in [5, 5.41) is 3.16. The lowest BCUT2D eigenvalue weighted by Gasteiger charge is -2.14. The van der Waals surface area contributed by atoms with E-state index in [0.717, 1.165) is 16.9 Å². The van der Waals surface area contributed by atoms with Crippen LogP contribution < -0.4 is 10.9 Å². The summed E-state index contributed by atoms with van der Waals surface area (Å²) in [4.78, 5) is 43.6. The Balaban J connectivity index is 1.58. The number of benzene rings is 2. The SMILES string of the molecule is Cc1c(C(=O)Nc2ccccc2)sc2ncn([C@@H](C)C(=O)OCc3ccccc3)c(=O)c12. The third-order valence-electron chi connectivity index (χ3n) is 5.10. The molecule has 0 aliphatic carbocycles. The van der Waals surface area contributed by atoms with E-state index in [1.165, 1.54) is 10.9 Å². The maximum Gasteiger partial charge on any atom is 0.329 e. The number of thiophene rings is 1. The number of hydrogen-bond acceptors (Lipinski definition) is 6. The van der Waals surface area contributed by atoms with Crippen molar-refractivity contribution in [3.05, 3.63) is 93.3 Å². The second-order valence-corrected chi connectivity index (χ2v) is 8.28. The zero-order valence-corrected chi connectivity index (χ0v) is 18.4. The molecular weight excluding hydrogens is 426 g/mol. The van der Waals surface area contributed by atoms with Gasteiger partial charge in [0, 0.05) is 5.69 Å². The monoisotopic (exact) mass is 447 g/mol. The molecule has 2 heterocycles. The molecule has 1 N–H and O–H groups in total. The lowest BCUT2D eigenvalue weighted by molar-refractivity contribution is -0.148. The highest BCUT2D eigenvalue weighted by atomic mass is 32.1. The van der Waals surface area contributed by atoms with E-state index in [1.54, 1.807) is 26.0 Å². The molecule has 1 amide bonds. The van der Waals surface area contributed by atoms with Crippen LogP contribution >= 0.6 is 11.3 Å². The van der Waals surface area contributed by atoms with Crippen molar-refractivity contribution in [2.45, 2.75) is 26.5 Å². The van der Waals surface area contributed by atoms with E-state index in [0.29, 0.717) is 26.3 Å². The third kappa shape index (κ3) is 4.31. The number of fused-ring (bicyclic) bond motifs is 1. The number of hydrogen-bond donors (Lipinski definition) is 1. The molecule has 0 spiro atoms. The van der Waals surface area contributed by atoms with Crippen LogP contribution in [0, 0.1) is 6.92 Å². The molecule has 4 aromatic rings. The smallest absolute Gasteiger partial charge is 0.329 e. The van der Waals surface area contributed by atoms with E-state index in [2.05, 4.69) is 10.3 Å². The molecule has 0 saturated heterocycles. The van der Waals surface area contributed by atoms with Gasteiger partial charge in [-0.3, -0.25) is 14.2 Å². The van der Waals surface area contributed by atoms with Crippen LogP contribution in [0.5, 0.6) is 0 Å². The van der Waals surface area contributed by atoms with E-state index in [1.807, 2.05) is 48.5 Å². The number of nitrogens with one attached hydrogen (secondary N) is 1. The minimum Gasteiger partial charge on any atom is -0.459 e. The first-order valence-electron chi connectivity index (χ1n) is 10.0. The molecule has 2 aromatic heterocycles. The van der Waals surface area contributed by atoms with Crippen molar-refractivity contribution in [2.75, 3.05) is 5.32 Å². The first-order valence-corrected chi connectivity index (χ1v) is 10.8. The fourth-order valence-corrected chi connectivity index (χ4v) is 4.34. The molecule has 0 aliphatic rings. The number of aromatic nitrogens is 2. The number of nitrogens with zero attached hydrogens (tertiary/aromatic N) is 2. The molecule has 0 unspecified atom stereocenters. The highest BCUT2D eigenvalue weighted by Crippen LogP contribution is 2.28. The lowest BCUT2D eigenvalue weighted by Crippen LogP contribution is -2.29. The molecule has 8 heteroatoms. The van der Waals surface area contributed by atoms with Gasteiger partial charge in [-0.15, -0.1) is 11.3 Å². The van der Waals surface area contributed by atoms with Crippen LogP contribution in [0.4, 0.5) is 5.69 Å². The largest absolute Gasteiger partial charge is 0.459 e. The fourth-order valence-electron chi connectivity index (χ4n) is 3.30. The average molecular weight is 448 g/mol. The molecule has 1 atom stereocenters. The molecule has 0 fully saturated rings. The van der Waals surface area contributed by atoms with Crippen molar-refractivity contribution < 1.29 is 14.3 Å². The predicted molar refractivity (Wildman–Crippen MR) is 124 cm³/mol. The van der Waals surface area contributed by atoms with Gasteiger partial charge in [-0.2, -0.15) is 0 Å². The normalized spacial score (nSPS) is 11.8. The van der Waals surface area contributed by atoms with Crippen LogP contribution in [0.15, 0.2) is 71.8 Å². The Kier molecular flexibility index (Phi) is 6.13. The molecule has 162 valence electrons. The number of para-hydroxylation sites is 1. The van der Waals surface area contributed by atoms with Crippen LogP contribution in [0.25, 0.3) is 10.2 Å².